The van der Waals surface area contributed by atoms with Crippen molar-refractivity contribution in [2.45, 2.75) is 78.3 Å². The number of aliphatic carboxylic acids is 2. The Bertz CT molecular complexity index is 3040. The van der Waals surface area contributed by atoms with Gasteiger partial charge in [0.1, 0.15) is 74.2 Å². The molecule has 0 fully saturated rings. The first-order valence-corrected chi connectivity index (χ1v) is 24.2. The molecule has 4 aromatic carbocycles. The van der Waals surface area contributed by atoms with Crippen LogP contribution in [0.25, 0.3) is 11.1 Å². The van der Waals surface area contributed by atoms with Gasteiger partial charge in [0.2, 0.25) is 0 Å². The van der Waals surface area contributed by atoms with E-state index in [1.165, 1.54) is 6.20 Å². The van der Waals surface area contributed by atoms with E-state index in [2.05, 4.69) is 21.0 Å². The first-order valence-electron chi connectivity index (χ1n) is 23.4. The number of hydrogen-bond acceptors (Lipinski definition) is 13. The number of benzene rings is 4. The maximum atomic E-state index is 12.1. The number of carboxylic acid groups (broad SMARTS) is 2. The molecular formula is C55H57Cl2N6O10+. The normalized spacial score (nSPS) is 12.8. The van der Waals surface area contributed by atoms with Crippen LogP contribution in [0, 0.1) is 25.2 Å². The lowest BCUT2D eigenvalue weighted by Crippen LogP contribution is -2.38. The summed E-state index contributed by atoms with van der Waals surface area (Å²) >= 11 is 13.8. The molecule has 0 aliphatic carbocycles. The molecular weight excluding hydrogens is 976 g/mol. The zero-order valence-electron chi connectivity index (χ0n) is 40.9. The number of likely N-dealkylation sites (N-methyl/N-ethyl adjacent to an activating group) is 2. The second-order valence-electron chi connectivity index (χ2n) is 17.7. The fraction of sp³-hybridized carbons (Fsp3) is 0.309. The highest BCUT2D eigenvalue weighted by Gasteiger charge is 2.27. The molecule has 7 rings (SSSR count). The molecule has 6 aromatic rings. The van der Waals surface area contributed by atoms with Crippen LogP contribution < -0.4 is 18.9 Å². The number of aliphatic hydroxyl groups is 1. The number of halogens is 2. The highest BCUT2D eigenvalue weighted by molar-refractivity contribution is 6.32. The summed E-state index contributed by atoms with van der Waals surface area (Å²) in [5.41, 5.74) is 10.8. The van der Waals surface area contributed by atoms with Crippen molar-refractivity contribution in [2.24, 2.45) is 4.99 Å². The fourth-order valence-corrected chi connectivity index (χ4v) is 8.92. The Balaban J connectivity index is 1.10. The molecule has 0 saturated heterocycles. The molecule has 1 aliphatic heterocycles. The lowest BCUT2D eigenvalue weighted by molar-refractivity contribution is -0.144. The number of nitriles is 1. The summed E-state index contributed by atoms with van der Waals surface area (Å²) in [4.78, 5) is 40.2. The summed E-state index contributed by atoms with van der Waals surface area (Å²) in [5, 5.41) is 47.0. The molecule has 16 nitrogen and oxygen atoms in total. The smallest absolute Gasteiger partial charge is 0.321 e. The van der Waals surface area contributed by atoms with Crippen LogP contribution >= 0.6 is 23.2 Å². The van der Waals surface area contributed by atoms with Gasteiger partial charge in [-0.2, -0.15) is 5.26 Å². The number of aromatic nitrogens is 2. The number of pyridine rings is 2. The van der Waals surface area contributed by atoms with Gasteiger partial charge in [-0.15, -0.1) is 0 Å². The molecule has 0 spiro atoms. The number of aliphatic imine (C=N–C) groups is 1. The number of ether oxygens (including phenoxy) is 4. The molecule has 18 heteroatoms. The van der Waals surface area contributed by atoms with E-state index in [0.717, 1.165) is 50.2 Å². The van der Waals surface area contributed by atoms with Crippen LogP contribution in [0.2, 0.25) is 10.0 Å². The third-order valence-corrected chi connectivity index (χ3v) is 13.2. The van der Waals surface area contributed by atoms with E-state index < -0.39 is 24.0 Å². The minimum absolute atomic E-state index is 0.0280. The average molecular weight is 1030 g/mol. The molecule has 0 unspecified atom stereocenters. The summed E-state index contributed by atoms with van der Waals surface area (Å²) in [7, 11) is 3.35. The van der Waals surface area contributed by atoms with Crippen LogP contribution in [0.15, 0.2) is 103 Å². The Labute approximate surface area is 433 Å². The average Bonchev–Trinajstić information content (AvgIpc) is 4.23. The predicted octanol–water partition coefficient (Wildman–Crippen LogP) is 8.32. The van der Waals surface area contributed by atoms with Crippen molar-refractivity contribution in [1.82, 2.24) is 19.8 Å². The van der Waals surface area contributed by atoms with Gasteiger partial charge in [0.05, 0.1) is 27.9 Å². The third-order valence-electron chi connectivity index (χ3n) is 12.6. The zero-order chi connectivity index (χ0) is 52.2. The molecule has 2 aromatic heterocycles. The lowest BCUT2D eigenvalue weighted by atomic mass is 9.92. The Morgan fingerprint density at radius 3 is 1.63 bits per heavy atom. The molecule has 73 heavy (non-hydrogen) atoms. The van der Waals surface area contributed by atoms with Crippen LogP contribution in [-0.4, -0.2) is 104 Å². The van der Waals surface area contributed by atoms with Crippen molar-refractivity contribution < 1.29 is 49.0 Å². The standard InChI is InChI=1S/C55H56Cl2N6O10/c1-33-38(31-72-52-19-50(70-29-36-15-35(21-58)22-59-23-36)41(17-45(52)56)27-62(3)48(11-13-64)54(66)67)7-5-9-43(33)44-10-6-8-39(34(44)2)32-73-53-20-51(71-30-37-16-40(25-60-24-37)47-26-61-47)42(18-46(53)57)28-63(4)49(12-14-65)55(68)69/h5-10,15-20,22-25,48-49,64-65H,11-14,26-32H2,1-4H3,(H,66,67)(H,68,69)/p+1/t48-,49-/m0/s1. The topological polar surface area (TPSA) is 223 Å². The van der Waals surface area contributed by atoms with Crippen molar-refractivity contribution in [3.8, 4) is 40.2 Å². The van der Waals surface area contributed by atoms with E-state index in [9.17, 15) is 30.2 Å². The summed E-state index contributed by atoms with van der Waals surface area (Å²) < 4.78 is 25.5. The van der Waals surface area contributed by atoms with Gasteiger partial charge in [0.25, 0.3) is 0 Å². The number of carbonyl (C=O) groups is 2. The van der Waals surface area contributed by atoms with Gasteiger partial charge in [0.15, 0.2) is 0 Å². The first-order chi connectivity index (χ1) is 35.2. The quantitative estimate of drug-likeness (QED) is 0.0435. The zero-order valence-corrected chi connectivity index (χ0v) is 42.4. The summed E-state index contributed by atoms with van der Waals surface area (Å²) in [6.07, 6.45) is 6.73. The highest BCUT2D eigenvalue weighted by Crippen LogP contribution is 2.38. The van der Waals surface area contributed by atoms with E-state index in [0.29, 0.717) is 56.8 Å². The molecule has 0 radical (unpaired) electrons. The second-order valence-corrected chi connectivity index (χ2v) is 18.6. The van der Waals surface area contributed by atoms with Crippen molar-refractivity contribution in [3.63, 3.8) is 0 Å². The fourth-order valence-electron chi connectivity index (χ4n) is 8.44. The van der Waals surface area contributed by atoms with E-state index >= 15 is 0 Å². The van der Waals surface area contributed by atoms with Crippen molar-refractivity contribution in [2.75, 3.05) is 33.9 Å². The van der Waals surface area contributed by atoms with Gasteiger partial charge < -0.3 is 39.4 Å². The van der Waals surface area contributed by atoms with Crippen LogP contribution in [0.4, 0.5) is 0 Å². The summed E-state index contributed by atoms with van der Waals surface area (Å²) in [6.45, 7) is 5.31. The van der Waals surface area contributed by atoms with Crippen molar-refractivity contribution in [3.05, 3.63) is 163 Å². The third kappa shape index (κ3) is 13.9. The molecule has 0 bridgehead atoms. The number of nitrogens with zero attached hydrogens (tertiary/aromatic N) is 6. The van der Waals surface area contributed by atoms with Gasteiger partial charge in [-0.3, -0.25) is 34.3 Å². The maximum absolute atomic E-state index is 12.1. The largest absolute Gasteiger partial charge is 0.488 e. The predicted molar refractivity (Wildman–Crippen MR) is 277 cm³/mol. The Morgan fingerprint density at radius 1 is 0.685 bits per heavy atom. The highest BCUT2D eigenvalue weighted by atomic mass is 35.5. The van der Waals surface area contributed by atoms with Crippen LogP contribution in [-0.2, 0) is 49.1 Å². The molecule has 2 atom stereocenters. The maximum Gasteiger partial charge on any atom is 0.321 e. The second kappa shape index (κ2) is 25.0. The van der Waals surface area contributed by atoms with Gasteiger partial charge in [0, 0.05) is 90.9 Å². The van der Waals surface area contributed by atoms with Crippen LogP contribution in [0.1, 0.15) is 68.5 Å². The van der Waals surface area contributed by atoms with Gasteiger partial charge in [-0.05, 0) is 92.0 Å². The molecule has 0 saturated carbocycles. The van der Waals surface area contributed by atoms with E-state index in [1.54, 1.807) is 72.8 Å². The van der Waals surface area contributed by atoms with Gasteiger partial charge in [-0.1, -0.05) is 59.6 Å². The number of rotatable bonds is 26. The van der Waals surface area contributed by atoms with E-state index in [4.69, 9.17) is 47.3 Å². The van der Waals surface area contributed by atoms with E-state index in [1.807, 2.05) is 56.3 Å². The van der Waals surface area contributed by atoms with Gasteiger partial charge >= 0.3 is 11.9 Å². The summed E-state index contributed by atoms with van der Waals surface area (Å²) in [5.74, 6) is -0.504. The summed E-state index contributed by atoms with van der Waals surface area (Å²) in [6, 6.07) is 22.7. The SMILES string of the molecule is Cc1c(COc2cc(OCc3cncc(C#N)c3)c(CN(C)[C@@H](CCO)C(=O)O)cc2Cl)cccc1-c1cccc(COc2cc(OCc3cncc(C4=NC4)c3)c(CN(C)[C@@H](CC[OH2+])C(=O)O)cc2Cl)c1C. The minimum Gasteiger partial charge on any atom is -0.488 e. The Hall–Kier alpha value is -7.10. The van der Waals surface area contributed by atoms with E-state index in [-0.39, 0.29) is 70.6 Å². The first kappa shape index (κ1) is 53.7. The van der Waals surface area contributed by atoms with Crippen molar-refractivity contribution in [1.29, 1.82) is 5.26 Å². The number of hydrogen-bond donors (Lipinski definition) is 3. The monoisotopic (exact) mass is 1030 g/mol. The van der Waals surface area contributed by atoms with Crippen LogP contribution in [0.5, 0.6) is 23.0 Å². The van der Waals surface area contributed by atoms with Gasteiger partial charge in [-0.25, -0.2) is 0 Å². The van der Waals surface area contributed by atoms with Crippen LogP contribution in [0.3, 0.4) is 0 Å². The lowest BCUT2D eigenvalue weighted by Gasteiger charge is -2.25. The minimum atomic E-state index is -1.07. The number of carboxylic acids is 2. The molecule has 3 heterocycles. The van der Waals surface area contributed by atoms with Crippen molar-refractivity contribution >= 4 is 40.9 Å². The number of aliphatic hydroxyl groups excluding tert-OH is 1. The molecule has 5 N–H and O–H groups in total. The Morgan fingerprint density at radius 2 is 1.16 bits per heavy atom. The molecule has 0 amide bonds. The molecule has 1 aliphatic rings. The molecule has 380 valence electrons. The Kier molecular flexibility index (Phi) is 18.4.